The SMILES string of the molecule is Cc1nc(C)c(C(C)Nc2nc3cc(Br)ccc3s2)s1. The van der Waals surface area contributed by atoms with Crippen molar-refractivity contribution in [3.05, 3.63) is 38.3 Å². The zero-order valence-corrected chi connectivity index (χ0v) is 14.6. The van der Waals surface area contributed by atoms with Crippen molar-refractivity contribution in [1.29, 1.82) is 0 Å². The summed E-state index contributed by atoms with van der Waals surface area (Å²) in [5, 5.41) is 5.55. The van der Waals surface area contributed by atoms with Crippen molar-refractivity contribution in [2.45, 2.75) is 26.8 Å². The molecule has 3 rings (SSSR count). The number of benzene rings is 1. The first kappa shape index (κ1) is 14.0. The van der Waals surface area contributed by atoms with E-state index < -0.39 is 0 Å². The molecule has 0 radical (unpaired) electrons. The van der Waals surface area contributed by atoms with Gasteiger partial charge in [0.2, 0.25) is 0 Å². The lowest BCUT2D eigenvalue weighted by molar-refractivity contribution is 0.888. The van der Waals surface area contributed by atoms with E-state index in [0.717, 1.165) is 25.8 Å². The van der Waals surface area contributed by atoms with Gasteiger partial charge in [0.25, 0.3) is 0 Å². The molecule has 20 heavy (non-hydrogen) atoms. The van der Waals surface area contributed by atoms with Crippen LogP contribution in [0.2, 0.25) is 0 Å². The number of hydrogen-bond donors (Lipinski definition) is 1. The summed E-state index contributed by atoms with van der Waals surface area (Å²) in [6.07, 6.45) is 0. The van der Waals surface area contributed by atoms with Gasteiger partial charge in [0.1, 0.15) is 0 Å². The minimum Gasteiger partial charge on any atom is -0.354 e. The summed E-state index contributed by atoms with van der Waals surface area (Å²) in [6, 6.07) is 6.41. The Morgan fingerprint density at radius 3 is 2.70 bits per heavy atom. The third-order valence-corrected chi connectivity index (χ3v) is 5.74. The maximum absolute atomic E-state index is 4.64. The molecule has 0 bridgehead atoms. The summed E-state index contributed by atoms with van der Waals surface area (Å²) < 4.78 is 2.25. The lowest BCUT2D eigenvalue weighted by Crippen LogP contribution is -2.05. The molecule has 1 aromatic carbocycles. The fourth-order valence-corrected chi connectivity index (χ4v) is 4.37. The van der Waals surface area contributed by atoms with Gasteiger partial charge in [-0.2, -0.15) is 0 Å². The molecule has 2 aromatic heterocycles. The molecule has 0 aliphatic heterocycles. The number of aromatic nitrogens is 2. The van der Waals surface area contributed by atoms with Gasteiger partial charge in [-0.3, -0.25) is 0 Å². The Labute approximate surface area is 134 Å². The van der Waals surface area contributed by atoms with Crippen LogP contribution in [0.3, 0.4) is 0 Å². The predicted molar refractivity (Wildman–Crippen MR) is 90.9 cm³/mol. The van der Waals surface area contributed by atoms with Gasteiger partial charge < -0.3 is 5.32 Å². The highest BCUT2D eigenvalue weighted by atomic mass is 79.9. The van der Waals surface area contributed by atoms with Crippen molar-refractivity contribution in [3.8, 4) is 0 Å². The topological polar surface area (TPSA) is 37.8 Å². The molecule has 1 N–H and O–H groups in total. The first-order chi connectivity index (χ1) is 9.52. The number of rotatable bonds is 3. The predicted octanol–water partition coefficient (Wildman–Crippen LogP) is 5.31. The number of anilines is 1. The monoisotopic (exact) mass is 367 g/mol. The fourth-order valence-electron chi connectivity index (χ4n) is 2.16. The van der Waals surface area contributed by atoms with Crippen LogP contribution in [0.5, 0.6) is 0 Å². The number of fused-ring (bicyclic) bond motifs is 1. The van der Waals surface area contributed by atoms with Crippen molar-refractivity contribution in [2.75, 3.05) is 5.32 Å². The lowest BCUT2D eigenvalue weighted by atomic mass is 10.2. The fraction of sp³-hybridized carbons (Fsp3) is 0.286. The standard InChI is InChI=1S/C14H14BrN3S2/c1-7-13(19-9(3)16-7)8(2)17-14-18-11-6-10(15)4-5-12(11)20-14/h4-6,8H,1-3H3,(H,17,18). The molecule has 104 valence electrons. The van der Waals surface area contributed by atoms with Crippen molar-refractivity contribution in [1.82, 2.24) is 9.97 Å². The van der Waals surface area contributed by atoms with E-state index in [0.29, 0.717) is 0 Å². The van der Waals surface area contributed by atoms with E-state index in [-0.39, 0.29) is 6.04 Å². The first-order valence-corrected chi connectivity index (χ1v) is 8.72. The molecule has 3 nitrogen and oxygen atoms in total. The smallest absolute Gasteiger partial charge is 0.184 e. The van der Waals surface area contributed by atoms with E-state index >= 15 is 0 Å². The van der Waals surface area contributed by atoms with Crippen LogP contribution in [0.4, 0.5) is 5.13 Å². The van der Waals surface area contributed by atoms with Crippen LogP contribution in [0.15, 0.2) is 22.7 Å². The van der Waals surface area contributed by atoms with E-state index in [4.69, 9.17) is 0 Å². The van der Waals surface area contributed by atoms with Crippen LogP contribution in [0, 0.1) is 13.8 Å². The Hall–Kier alpha value is -0.980. The van der Waals surface area contributed by atoms with Gasteiger partial charge in [0.15, 0.2) is 5.13 Å². The summed E-state index contributed by atoms with van der Waals surface area (Å²) in [6.45, 7) is 6.26. The van der Waals surface area contributed by atoms with E-state index in [9.17, 15) is 0 Å². The second-order valence-corrected chi connectivity index (χ2v) is 7.86. The molecule has 0 aliphatic carbocycles. The highest BCUT2D eigenvalue weighted by Crippen LogP contribution is 2.32. The number of nitrogens with zero attached hydrogens (tertiary/aromatic N) is 2. The number of nitrogens with one attached hydrogen (secondary N) is 1. The first-order valence-electron chi connectivity index (χ1n) is 6.29. The molecular weight excluding hydrogens is 354 g/mol. The number of aryl methyl sites for hydroxylation is 2. The highest BCUT2D eigenvalue weighted by molar-refractivity contribution is 9.10. The van der Waals surface area contributed by atoms with Crippen molar-refractivity contribution in [3.63, 3.8) is 0 Å². The van der Waals surface area contributed by atoms with Gasteiger partial charge in [-0.1, -0.05) is 27.3 Å². The average Bonchev–Trinajstić information content (AvgIpc) is 2.91. The van der Waals surface area contributed by atoms with Gasteiger partial charge in [0.05, 0.1) is 27.0 Å². The van der Waals surface area contributed by atoms with Crippen LogP contribution in [-0.4, -0.2) is 9.97 Å². The molecule has 0 amide bonds. The van der Waals surface area contributed by atoms with Crippen molar-refractivity contribution < 1.29 is 0 Å². The summed E-state index contributed by atoms with van der Waals surface area (Å²) >= 11 is 6.91. The molecular formula is C14H14BrN3S2. The maximum atomic E-state index is 4.64. The molecule has 1 atom stereocenters. The van der Waals surface area contributed by atoms with E-state index in [1.165, 1.54) is 9.58 Å². The lowest BCUT2D eigenvalue weighted by Gasteiger charge is -2.11. The van der Waals surface area contributed by atoms with Crippen molar-refractivity contribution >= 4 is 54.0 Å². The third-order valence-electron chi connectivity index (χ3n) is 3.02. The van der Waals surface area contributed by atoms with Gasteiger partial charge in [0, 0.05) is 9.35 Å². The van der Waals surface area contributed by atoms with Gasteiger partial charge >= 0.3 is 0 Å². The minimum absolute atomic E-state index is 0.227. The van der Waals surface area contributed by atoms with Crippen LogP contribution in [0.25, 0.3) is 10.2 Å². The zero-order chi connectivity index (χ0) is 14.3. The van der Waals surface area contributed by atoms with E-state index in [1.54, 1.807) is 22.7 Å². The molecule has 0 spiro atoms. The Morgan fingerprint density at radius 2 is 2.00 bits per heavy atom. The second-order valence-electron chi connectivity index (χ2n) is 4.68. The average molecular weight is 368 g/mol. The second kappa shape index (κ2) is 5.42. The van der Waals surface area contributed by atoms with Gasteiger partial charge in [-0.25, -0.2) is 9.97 Å². The third kappa shape index (κ3) is 2.73. The summed E-state index contributed by atoms with van der Waals surface area (Å²) in [4.78, 5) is 10.4. The Morgan fingerprint density at radius 1 is 1.20 bits per heavy atom. The largest absolute Gasteiger partial charge is 0.354 e. The molecule has 0 saturated carbocycles. The minimum atomic E-state index is 0.227. The summed E-state index contributed by atoms with van der Waals surface area (Å²) in [5.41, 5.74) is 2.13. The van der Waals surface area contributed by atoms with E-state index in [2.05, 4.69) is 51.1 Å². The molecule has 0 aliphatic rings. The molecule has 6 heteroatoms. The zero-order valence-electron chi connectivity index (χ0n) is 11.4. The molecule has 1 unspecified atom stereocenters. The summed E-state index contributed by atoms with van der Waals surface area (Å²) in [7, 11) is 0. The van der Waals surface area contributed by atoms with E-state index in [1.807, 2.05) is 19.1 Å². The molecule has 0 saturated heterocycles. The number of hydrogen-bond acceptors (Lipinski definition) is 5. The Bertz CT molecular complexity index is 763. The van der Waals surface area contributed by atoms with Crippen LogP contribution in [-0.2, 0) is 0 Å². The maximum Gasteiger partial charge on any atom is 0.184 e. The number of halogens is 1. The summed E-state index contributed by atoms with van der Waals surface area (Å²) in [5.74, 6) is 0. The van der Waals surface area contributed by atoms with Crippen LogP contribution in [0.1, 0.15) is 28.5 Å². The Kier molecular flexibility index (Phi) is 3.79. The van der Waals surface area contributed by atoms with Crippen molar-refractivity contribution in [2.24, 2.45) is 0 Å². The van der Waals surface area contributed by atoms with Crippen LogP contribution < -0.4 is 5.32 Å². The van der Waals surface area contributed by atoms with Crippen LogP contribution >= 0.6 is 38.6 Å². The van der Waals surface area contributed by atoms with Gasteiger partial charge in [-0.15, -0.1) is 11.3 Å². The molecule has 0 fully saturated rings. The quantitative estimate of drug-likeness (QED) is 0.681. The normalized spacial score (nSPS) is 12.8. The van der Waals surface area contributed by atoms with Gasteiger partial charge in [-0.05, 0) is 39.0 Å². The highest BCUT2D eigenvalue weighted by Gasteiger charge is 2.14. The Balaban J connectivity index is 1.87. The molecule has 3 aromatic rings. The molecule has 2 heterocycles. The number of thiazole rings is 2.